The summed E-state index contributed by atoms with van der Waals surface area (Å²) in [5.41, 5.74) is 0. The molecule has 82 valence electrons. The minimum Gasteiger partial charge on any atom is -0.302 e. The van der Waals surface area contributed by atoms with Gasteiger partial charge in [0.15, 0.2) is 0 Å². The van der Waals surface area contributed by atoms with E-state index in [1.807, 2.05) is 0 Å². The Hall–Kier alpha value is 0.270. The number of hydrogen-bond acceptors (Lipinski definition) is 3. The van der Waals surface area contributed by atoms with E-state index in [0.717, 1.165) is 17.8 Å². The molecule has 2 aliphatic heterocycles. The van der Waals surface area contributed by atoms with Crippen LogP contribution in [0.25, 0.3) is 0 Å². The van der Waals surface area contributed by atoms with Gasteiger partial charge in [-0.1, -0.05) is 0 Å². The van der Waals surface area contributed by atoms with Crippen molar-refractivity contribution >= 4 is 12.6 Å². The van der Waals surface area contributed by atoms with E-state index in [1.54, 1.807) is 0 Å². The standard InChI is InChI=1S/C11H22N2S/c1-12-6-2-4-10(12)8-13-7-3-5-11(13)9-14/h10-11,14H,2-9H2,1H3/t10-,11?/m0/s1. The van der Waals surface area contributed by atoms with Crippen LogP contribution in [0.5, 0.6) is 0 Å². The number of hydrogen-bond donors (Lipinski definition) is 1. The van der Waals surface area contributed by atoms with E-state index in [-0.39, 0.29) is 0 Å². The molecule has 0 radical (unpaired) electrons. The van der Waals surface area contributed by atoms with Crippen LogP contribution >= 0.6 is 12.6 Å². The Kier molecular flexibility index (Phi) is 3.74. The van der Waals surface area contributed by atoms with Crippen LogP contribution in [0.15, 0.2) is 0 Å². The van der Waals surface area contributed by atoms with E-state index in [2.05, 4.69) is 29.5 Å². The minimum absolute atomic E-state index is 0.757. The number of thiol groups is 1. The van der Waals surface area contributed by atoms with Gasteiger partial charge in [-0.25, -0.2) is 0 Å². The van der Waals surface area contributed by atoms with Gasteiger partial charge < -0.3 is 4.90 Å². The normalized spacial score (nSPS) is 35.6. The van der Waals surface area contributed by atoms with Crippen molar-refractivity contribution in [1.82, 2.24) is 9.80 Å². The Labute approximate surface area is 93.1 Å². The van der Waals surface area contributed by atoms with Crippen molar-refractivity contribution in [2.75, 3.05) is 32.4 Å². The van der Waals surface area contributed by atoms with Gasteiger partial charge in [0.25, 0.3) is 0 Å². The molecule has 0 aliphatic carbocycles. The SMILES string of the molecule is CN1CCC[C@H]1CN1CCCC1CS. The van der Waals surface area contributed by atoms with E-state index in [9.17, 15) is 0 Å². The Morgan fingerprint density at radius 2 is 1.86 bits per heavy atom. The van der Waals surface area contributed by atoms with E-state index in [4.69, 9.17) is 0 Å². The molecule has 0 spiro atoms. The number of likely N-dealkylation sites (tertiary alicyclic amines) is 2. The first-order valence-corrected chi connectivity index (χ1v) is 6.49. The lowest BCUT2D eigenvalue weighted by molar-refractivity contribution is 0.190. The van der Waals surface area contributed by atoms with Crippen molar-refractivity contribution < 1.29 is 0 Å². The molecular weight excluding hydrogens is 192 g/mol. The molecule has 0 N–H and O–H groups in total. The molecule has 3 heteroatoms. The van der Waals surface area contributed by atoms with Crippen LogP contribution in [0, 0.1) is 0 Å². The topological polar surface area (TPSA) is 6.48 Å². The van der Waals surface area contributed by atoms with Crippen molar-refractivity contribution in [1.29, 1.82) is 0 Å². The monoisotopic (exact) mass is 214 g/mol. The van der Waals surface area contributed by atoms with Crippen LogP contribution in [0.3, 0.4) is 0 Å². The fraction of sp³-hybridized carbons (Fsp3) is 1.00. The van der Waals surface area contributed by atoms with Gasteiger partial charge in [0, 0.05) is 24.4 Å². The maximum Gasteiger partial charge on any atom is 0.0220 e. The summed E-state index contributed by atoms with van der Waals surface area (Å²) in [4.78, 5) is 5.17. The lowest BCUT2D eigenvalue weighted by Crippen LogP contribution is -2.41. The second kappa shape index (κ2) is 4.86. The molecule has 0 aromatic carbocycles. The summed E-state index contributed by atoms with van der Waals surface area (Å²) in [6, 6.07) is 1.57. The van der Waals surface area contributed by atoms with Crippen molar-refractivity contribution in [3.05, 3.63) is 0 Å². The summed E-state index contributed by atoms with van der Waals surface area (Å²) >= 11 is 4.44. The highest BCUT2D eigenvalue weighted by atomic mass is 32.1. The zero-order chi connectivity index (χ0) is 9.97. The third-order valence-electron chi connectivity index (χ3n) is 3.83. The third-order valence-corrected chi connectivity index (χ3v) is 4.25. The Morgan fingerprint density at radius 3 is 2.50 bits per heavy atom. The van der Waals surface area contributed by atoms with Gasteiger partial charge in [-0.05, 0) is 45.8 Å². The van der Waals surface area contributed by atoms with Crippen LogP contribution < -0.4 is 0 Å². The van der Waals surface area contributed by atoms with Crippen molar-refractivity contribution in [3.8, 4) is 0 Å². The molecule has 0 amide bonds. The lowest BCUT2D eigenvalue weighted by Gasteiger charge is -2.29. The minimum atomic E-state index is 0.757. The fourth-order valence-electron chi connectivity index (χ4n) is 2.82. The second-order valence-electron chi connectivity index (χ2n) is 4.75. The first kappa shape index (κ1) is 10.8. The maximum absolute atomic E-state index is 4.44. The summed E-state index contributed by atoms with van der Waals surface area (Å²) in [5, 5.41) is 0. The fourth-order valence-corrected chi connectivity index (χ4v) is 3.24. The van der Waals surface area contributed by atoms with Crippen LogP contribution in [0.4, 0.5) is 0 Å². The van der Waals surface area contributed by atoms with Crippen LogP contribution in [-0.4, -0.2) is 54.3 Å². The van der Waals surface area contributed by atoms with Gasteiger partial charge in [-0.2, -0.15) is 12.6 Å². The highest BCUT2D eigenvalue weighted by Crippen LogP contribution is 2.22. The lowest BCUT2D eigenvalue weighted by atomic mass is 10.2. The predicted octanol–water partition coefficient (Wildman–Crippen LogP) is 1.47. The average molecular weight is 214 g/mol. The van der Waals surface area contributed by atoms with E-state index in [0.29, 0.717) is 0 Å². The molecule has 2 fully saturated rings. The number of rotatable bonds is 3. The summed E-state index contributed by atoms with van der Waals surface area (Å²) < 4.78 is 0. The summed E-state index contributed by atoms with van der Waals surface area (Å²) in [6.45, 7) is 3.88. The molecule has 0 aromatic heterocycles. The summed E-state index contributed by atoms with van der Waals surface area (Å²) in [6.07, 6.45) is 5.52. The van der Waals surface area contributed by atoms with Gasteiger partial charge in [0.05, 0.1) is 0 Å². The number of nitrogens with zero attached hydrogens (tertiary/aromatic N) is 2. The molecule has 2 nitrogen and oxygen atoms in total. The van der Waals surface area contributed by atoms with Crippen molar-refractivity contribution in [3.63, 3.8) is 0 Å². The van der Waals surface area contributed by atoms with Gasteiger partial charge in [0.1, 0.15) is 0 Å². The molecule has 2 rings (SSSR count). The van der Waals surface area contributed by atoms with Gasteiger partial charge in [-0.15, -0.1) is 0 Å². The number of likely N-dealkylation sites (N-methyl/N-ethyl adjacent to an activating group) is 1. The molecule has 0 saturated carbocycles. The van der Waals surface area contributed by atoms with E-state index >= 15 is 0 Å². The largest absolute Gasteiger partial charge is 0.302 e. The van der Waals surface area contributed by atoms with Gasteiger partial charge in [0.2, 0.25) is 0 Å². The zero-order valence-corrected chi connectivity index (χ0v) is 10.0. The first-order chi connectivity index (χ1) is 6.81. The Morgan fingerprint density at radius 1 is 1.14 bits per heavy atom. The van der Waals surface area contributed by atoms with Crippen LogP contribution in [0.1, 0.15) is 25.7 Å². The molecule has 0 aromatic rings. The summed E-state index contributed by atoms with van der Waals surface area (Å²) in [5.74, 6) is 1.04. The Bertz CT molecular complexity index is 186. The highest BCUT2D eigenvalue weighted by Gasteiger charge is 2.28. The van der Waals surface area contributed by atoms with Crippen LogP contribution in [0.2, 0.25) is 0 Å². The molecule has 2 aliphatic rings. The molecule has 14 heavy (non-hydrogen) atoms. The molecule has 2 saturated heterocycles. The molecule has 2 atom stereocenters. The molecular formula is C11H22N2S. The predicted molar refractivity (Wildman–Crippen MR) is 64.1 cm³/mol. The summed E-state index contributed by atoms with van der Waals surface area (Å²) in [7, 11) is 2.27. The quantitative estimate of drug-likeness (QED) is 0.711. The molecule has 2 heterocycles. The average Bonchev–Trinajstić information content (AvgIpc) is 2.77. The van der Waals surface area contributed by atoms with Crippen LogP contribution in [-0.2, 0) is 0 Å². The van der Waals surface area contributed by atoms with E-state index < -0.39 is 0 Å². The smallest absolute Gasteiger partial charge is 0.0220 e. The Balaban J connectivity index is 1.83. The third kappa shape index (κ3) is 2.26. The first-order valence-electron chi connectivity index (χ1n) is 5.86. The maximum atomic E-state index is 4.44. The molecule has 0 bridgehead atoms. The molecule has 1 unspecified atom stereocenters. The van der Waals surface area contributed by atoms with E-state index in [1.165, 1.54) is 45.3 Å². The second-order valence-corrected chi connectivity index (χ2v) is 5.12. The van der Waals surface area contributed by atoms with Crippen molar-refractivity contribution in [2.24, 2.45) is 0 Å². The highest BCUT2D eigenvalue weighted by molar-refractivity contribution is 7.80. The van der Waals surface area contributed by atoms with Gasteiger partial charge >= 0.3 is 0 Å². The van der Waals surface area contributed by atoms with Gasteiger partial charge in [-0.3, -0.25) is 4.90 Å². The van der Waals surface area contributed by atoms with Crippen molar-refractivity contribution in [2.45, 2.75) is 37.8 Å². The zero-order valence-electron chi connectivity index (χ0n) is 9.15.